The summed E-state index contributed by atoms with van der Waals surface area (Å²) >= 11 is 10.2. The summed E-state index contributed by atoms with van der Waals surface area (Å²) in [6.45, 7) is 5.80. The Morgan fingerprint density at radius 2 is 1.65 bits per heavy atom. The minimum Gasteiger partial charge on any atom is -0.493 e. The number of rotatable bonds is 12. The molecule has 0 fully saturated rings. The lowest BCUT2D eigenvalue weighted by Crippen LogP contribution is -2.02. The number of hydrogen-bond acceptors (Lipinski definition) is 2. The molecule has 0 saturated heterocycles. The zero-order valence-corrected chi connectivity index (χ0v) is 18.2. The molecule has 0 aliphatic heterocycles. The van der Waals surface area contributed by atoms with Gasteiger partial charge in [0.1, 0.15) is 11.5 Å². The van der Waals surface area contributed by atoms with Crippen LogP contribution in [-0.4, -0.2) is 18.0 Å². The fourth-order valence-corrected chi connectivity index (χ4v) is 3.51. The van der Waals surface area contributed by atoms with Gasteiger partial charge in [-0.25, -0.2) is 0 Å². The fraction of sp³-hybridized carbons (Fsp3) is 0.545. The third-order valence-electron chi connectivity index (χ3n) is 4.52. The van der Waals surface area contributed by atoms with Gasteiger partial charge in [-0.05, 0) is 32.1 Å². The molecule has 0 aliphatic rings. The third kappa shape index (κ3) is 6.35. The van der Waals surface area contributed by atoms with Crippen molar-refractivity contribution in [1.82, 2.24) is 0 Å². The lowest BCUT2D eigenvalue weighted by molar-refractivity contribution is 0.302. The third-order valence-corrected chi connectivity index (χ3v) is 5.90. The predicted molar refractivity (Wildman–Crippen MR) is 116 cm³/mol. The van der Waals surface area contributed by atoms with Crippen molar-refractivity contribution in [2.75, 3.05) is 13.2 Å². The van der Waals surface area contributed by atoms with Crippen LogP contribution in [0.3, 0.4) is 0 Å². The lowest BCUT2D eigenvalue weighted by atomic mass is 10.1. The Kier molecular flexibility index (Phi) is 9.63. The van der Waals surface area contributed by atoms with E-state index in [1.165, 1.54) is 25.7 Å². The molecule has 4 heteroatoms. The second-order valence-electron chi connectivity index (χ2n) is 6.64. The van der Waals surface area contributed by atoms with Gasteiger partial charge in [0, 0.05) is 21.7 Å². The Bertz CT molecular complexity index is 674. The van der Waals surface area contributed by atoms with Crippen LogP contribution in [0.1, 0.15) is 58.8 Å². The molecule has 0 aromatic heterocycles. The van der Waals surface area contributed by atoms with Crippen molar-refractivity contribution in [2.45, 2.75) is 63.6 Å². The summed E-state index contributed by atoms with van der Waals surface area (Å²) < 4.78 is 12.1. The van der Waals surface area contributed by atoms with Crippen molar-refractivity contribution in [3.05, 3.63) is 35.4 Å². The van der Waals surface area contributed by atoms with Crippen LogP contribution in [0, 0.1) is 0 Å². The number of hydrogen-bond donors (Lipinski definition) is 0. The quantitative estimate of drug-likeness (QED) is 0.247. The molecule has 0 amide bonds. The highest BCUT2D eigenvalue weighted by molar-refractivity contribution is 9.09. The molecule has 1 unspecified atom stereocenters. The van der Waals surface area contributed by atoms with Gasteiger partial charge in [0.25, 0.3) is 0 Å². The van der Waals surface area contributed by atoms with Crippen LogP contribution in [0.15, 0.2) is 30.3 Å². The zero-order valence-electron chi connectivity index (χ0n) is 15.9. The van der Waals surface area contributed by atoms with E-state index < -0.39 is 0 Å². The summed E-state index contributed by atoms with van der Waals surface area (Å²) in [5.41, 5.74) is 0. The van der Waals surface area contributed by atoms with Gasteiger partial charge in [-0.1, -0.05) is 78.5 Å². The van der Waals surface area contributed by atoms with E-state index >= 15 is 0 Å². The topological polar surface area (TPSA) is 18.5 Å². The summed E-state index contributed by atoms with van der Waals surface area (Å²) in [4.78, 5) is 0.613. The molecule has 26 heavy (non-hydrogen) atoms. The van der Waals surface area contributed by atoms with Crippen molar-refractivity contribution in [3.8, 4) is 11.5 Å². The van der Waals surface area contributed by atoms with Crippen molar-refractivity contribution in [2.24, 2.45) is 0 Å². The molecule has 0 heterocycles. The van der Waals surface area contributed by atoms with E-state index in [1.807, 2.05) is 18.2 Å². The summed E-state index contributed by atoms with van der Waals surface area (Å²) in [6.07, 6.45) is 7.96. The average molecular weight is 442 g/mol. The van der Waals surface area contributed by atoms with E-state index in [-0.39, 0.29) is 0 Å². The number of halogens is 2. The monoisotopic (exact) mass is 440 g/mol. The Hall–Kier alpha value is -0.930. The molecule has 2 aromatic carbocycles. The van der Waals surface area contributed by atoms with Crippen LogP contribution < -0.4 is 9.47 Å². The standard InChI is InChI=1S/C22H30BrClO2/c1-3-5-9-15-26-22-19-13-7-6-12-18(19)21(16-20(22)24)25-14-10-8-11-17(23)4-2/h6-7,12-13,16-17H,3-5,8-11,14-15H2,1-2H3. The van der Waals surface area contributed by atoms with Crippen molar-refractivity contribution in [3.63, 3.8) is 0 Å². The molecule has 2 nitrogen and oxygen atoms in total. The molecular weight excluding hydrogens is 412 g/mol. The maximum absolute atomic E-state index is 6.51. The molecule has 0 bridgehead atoms. The molecule has 0 aliphatic carbocycles. The summed E-state index contributed by atoms with van der Waals surface area (Å²) in [5.74, 6) is 1.62. The summed E-state index contributed by atoms with van der Waals surface area (Å²) in [5, 5.41) is 2.72. The fourth-order valence-electron chi connectivity index (χ4n) is 2.93. The smallest absolute Gasteiger partial charge is 0.145 e. The lowest BCUT2D eigenvalue weighted by Gasteiger charge is -2.15. The van der Waals surface area contributed by atoms with Crippen molar-refractivity contribution in [1.29, 1.82) is 0 Å². The number of ether oxygens (including phenoxy) is 2. The van der Waals surface area contributed by atoms with E-state index in [9.17, 15) is 0 Å². The van der Waals surface area contributed by atoms with Gasteiger partial charge in [0.15, 0.2) is 0 Å². The highest BCUT2D eigenvalue weighted by atomic mass is 79.9. The molecule has 0 N–H and O–H groups in total. The van der Waals surface area contributed by atoms with Gasteiger partial charge in [-0.2, -0.15) is 0 Å². The Morgan fingerprint density at radius 1 is 0.962 bits per heavy atom. The van der Waals surface area contributed by atoms with Crippen molar-refractivity contribution < 1.29 is 9.47 Å². The number of alkyl halides is 1. The SMILES string of the molecule is CCCCCOc1c(Cl)cc(OCCCCC(Br)CC)c2ccccc12. The first-order chi connectivity index (χ1) is 12.7. The molecule has 0 saturated carbocycles. The van der Waals surface area contributed by atoms with Gasteiger partial charge in [0.2, 0.25) is 0 Å². The van der Waals surface area contributed by atoms with Gasteiger partial charge >= 0.3 is 0 Å². The number of benzene rings is 2. The van der Waals surface area contributed by atoms with E-state index in [0.717, 1.165) is 41.5 Å². The van der Waals surface area contributed by atoms with Gasteiger partial charge < -0.3 is 9.47 Å². The highest BCUT2D eigenvalue weighted by Crippen LogP contribution is 2.39. The summed E-state index contributed by atoms with van der Waals surface area (Å²) in [7, 11) is 0. The second-order valence-corrected chi connectivity index (χ2v) is 8.34. The van der Waals surface area contributed by atoms with Crippen LogP contribution in [0.2, 0.25) is 5.02 Å². The largest absolute Gasteiger partial charge is 0.493 e. The first kappa shape index (κ1) is 21.4. The normalized spacial score (nSPS) is 12.3. The van der Waals surface area contributed by atoms with E-state index in [4.69, 9.17) is 21.1 Å². The maximum Gasteiger partial charge on any atom is 0.145 e. The van der Waals surface area contributed by atoms with Crippen LogP contribution in [0.25, 0.3) is 10.8 Å². The Labute approximate surface area is 171 Å². The number of fused-ring (bicyclic) bond motifs is 1. The molecule has 2 aromatic rings. The van der Waals surface area contributed by atoms with Crippen LogP contribution in [-0.2, 0) is 0 Å². The molecule has 144 valence electrons. The molecular formula is C22H30BrClO2. The molecule has 2 rings (SSSR count). The predicted octanol–water partition coefficient (Wildman–Crippen LogP) is 7.78. The first-order valence-electron chi connectivity index (χ1n) is 9.78. The molecule has 0 spiro atoms. The first-order valence-corrected chi connectivity index (χ1v) is 11.1. The van der Waals surface area contributed by atoms with E-state index in [0.29, 0.717) is 23.1 Å². The Morgan fingerprint density at radius 3 is 2.38 bits per heavy atom. The molecule has 1 atom stereocenters. The zero-order chi connectivity index (χ0) is 18.8. The van der Waals surface area contributed by atoms with Crippen molar-refractivity contribution >= 4 is 38.3 Å². The summed E-state index contributed by atoms with van der Waals surface area (Å²) in [6, 6.07) is 10.1. The van der Waals surface area contributed by atoms with Crippen LogP contribution in [0.4, 0.5) is 0 Å². The molecule has 0 radical (unpaired) electrons. The van der Waals surface area contributed by atoms with Gasteiger partial charge in [-0.15, -0.1) is 0 Å². The Balaban J connectivity index is 2.04. The van der Waals surface area contributed by atoms with E-state index in [1.54, 1.807) is 0 Å². The van der Waals surface area contributed by atoms with Crippen LogP contribution in [0.5, 0.6) is 11.5 Å². The maximum atomic E-state index is 6.51. The minimum atomic E-state index is 0.613. The van der Waals surface area contributed by atoms with Crippen LogP contribution >= 0.6 is 27.5 Å². The van der Waals surface area contributed by atoms with E-state index in [2.05, 4.69) is 41.9 Å². The minimum absolute atomic E-state index is 0.613. The highest BCUT2D eigenvalue weighted by Gasteiger charge is 2.13. The van der Waals surface area contributed by atoms with Gasteiger partial charge in [-0.3, -0.25) is 0 Å². The number of unbranched alkanes of at least 4 members (excludes halogenated alkanes) is 3. The second kappa shape index (κ2) is 11.7. The van der Waals surface area contributed by atoms with Gasteiger partial charge in [0.05, 0.1) is 18.2 Å². The average Bonchev–Trinajstić information content (AvgIpc) is 2.66.